The number of hydrogen-bond donors (Lipinski definition) is 1. The highest BCUT2D eigenvalue weighted by Gasteiger charge is 2.35. The minimum Gasteiger partial charge on any atom is -0.326 e. The molecule has 0 amide bonds. The fourth-order valence-corrected chi connectivity index (χ4v) is 4.30. The van der Waals surface area contributed by atoms with Gasteiger partial charge in [-0.3, -0.25) is 0 Å². The van der Waals surface area contributed by atoms with Gasteiger partial charge in [-0.15, -0.1) is 0 Å². The van der Waals surface area contributed by atoms with E-state index < -0.39 is 15.8 Å². The van der Waals surface area contributed by atoms with Gasteiger partial charge in [0.1, 0.15) is 5.82 Å². The van der Waals surface area contributed by atoms with E-state index >= 15 is 0 Å². The van der Waals surface area contributed by atoms with Crippen molar-refractivity contribution in [3.63, 3.8) is 0 Å². The van der Waals surface area contributed by atoms with Crippen molar-refractivity contribution in [2.45, 2.75) is 32.2 Å². The Morgan fingerprint density at radius 3 is 2.35 bits per heavy atom. The van der Waals surface area contributed by atoms with Gasteiger partial charge in [0.05, 0.1) is 4.90 Å². The molecule has 1 aliphatic rings. The van der Waals surface area contributed by atoms with E-state index in [9.17, 15) is 12.8 Å². The van der Waals surface area contributed by atoms with Crippen LogP contribution >= 0.6 is 0 Å². The van der Waals surface area contributed by atoms with Crippen LogP contribution < -0.4 is 5.73 Å². The molecule has 0 spiro atoms. The highest BCUT2D eigenvalue weighted by molar-refractivity contribution is 7.89. The molecule has 2 N–H and O–H groups in total. The number of aryl methyl sites for hydroxylation is 1. The first-order valence-corrected chi connectivity index (χ1v) is 8.20. The molecule has 1 aromatic carbocycles. The first-order valence-electron chi connectivity index (χ1n) is 6.76. The van der Waals surface area contributed by atoms with Gasteiger partial charge in [0.25, 0.3) is 0 Å². The molecule has 6 heteroatoms. The largest absolute Gasteiger partial charge is 0.326 e. The lowest BCUT2D eigenvalue weighted by Gasteiger charge is -2.17. The van der Waals surface area contributed by atoms with Crippen molar-refractivity contribution in [2.24, 2.45) is 17.6 Å². The molecule has 112 valence electrons. The van der Waals surface area contributed by atoms with Gasteiger partial charge in [-0.05, 0) is 36.5 Å². The summed E-state index contributed by atoms with van der Waals surface area (Å²) in [7, 11) is -3.57. The van der Waals surface area contributed by atoms with E-state index in [2.05, 4.69) is 0 Å². The van der Waals surface area contributed by atoms with Gasteiger partial charge in [0.2, 0.25) is 10.0 Å². The van der Waals surface area contributed by atoms with E-state index in [1.54, 1.807) is 6.92 Å². The van der Waals surface area contributed by atoms with Crippen LogP contribution in [0.1, 0.15) is 25.0 Å². The van der Waals surface area contributed by atoms with Crippen molar-refractivity contribution < 1.29 is 12.8 Å². The smallest absolute Gasteiger partial charge is 0.243 e. The summed E-state index contributed by atoms with van der Waals surface area (Å²) < 4.78 is 40.5. The SMILES string of the molecule is Cc1cc(S(=O)(=O)N2CC(C)C(C)C2)cc(CN)c1F. The lowest BCUT2D eigenvalue weighted by atomic mass is 10.0. The number of rotatable bonds is 3. The lowest BCUT2D eigenvalue weighted by Crippen LogP contribution is -2.29. The Labute approximate surface area is 119 Å². The fraction of sp³-hybridized carbons (Fsp3) is 0.571. The van der Waals surface area contributed by atoms with Crippen molar-refractivity contribution >= 4 is 10.0 Å². The molecule has 1 aliphatic heterocycles. The van der Waals surface area contributed by atoms with Crippen LogP contribution in [-0.2, 0) is 16.6 Å². The van der Waals surface area contributed by atoms with Crippen LogP contribution in [0, 0.1) is 24.6 Å². The monoisotopic (exact) mass is 300 g/mol. The average Bonchev–Trinajstić information content (AvgIpc) is 2.73. The number of sulfonamides is 1. The van der Waals surface area contributed by atoms with Gasteiger partial charge in [0.15, 0.2) is 0 Å². The second-order valence-electron chi connectivity index (χ2n) is 5.69. The Hall–Kier alpha value is -0.980. The van der Waals surface area contributed by atoms with Crippen molar-refractivity contribution in [3.05, 3.63) is 29.1 Å². The maximum atomic E-state index is 13.8. The minimum absolute atomic E-state index is 0.0111. The number of benzene rings is 1. The molecule has 0 aromatic heterocycles. The second-order valence-corrected chi connectivity index (χ2v) is 7.63. The summed E-state index contributed by atoms with van der Waals surface area (Å²) >= 11 is 0. The van der Waals surface area contributed by atoms with Gasteiger partial charge in [-0.1, -0.05) is 13.8 Å². The molecule has 1 aromatic rings. The molecule has 1 fully saturated rings. The third-order valence-electron chi connectivity index (χ3n) is 4.12. The maximum absolute atomic E-state index is 13.8. The zero-order valence-corrected chi connectivity index (χ0v) is 12.9. The zero-order chi connectivity index (χ0) is 15.1. The third kappa shape index (κ3) is 2.60. The molecule has 0 radical (unpaired) electrons. The normalized spacial score (nSPS) is 24.2. The highest BCUT2D eigenvalue weighted by atomic mass is 32.2. The molecule has 2 unspecified atom stereocenters. The van der Waals surface area contributed by atoms with Gasteiger partial charge >= 0.3 is 0 Å². The highest BCUT2D eigenvalue weighted by Crippen LogP contribution is 2.29. The Bertz CT molecular complexity index is 606. The van der Waals surface area contributed by atoms with Crippen LogP contribution in [0.25, 0.3) is 0 Å². The minimum atomic E-state index is -3.57. The first-order chi connectivity index (χ1) is 9.27. The van der Waals surface area contributed by atoms with Crippen LogP contribution in [0.15, 0.2) is 17.0 Å². The average molecular weight is 300 g/mol. The zero-order valence-electron chi connectivity index (χ0n) is 12.1. The summed E-state index contributed by atoms with van der Waals surface area (Å²) in [5.74, 6) is 0.246. The summed E-state index contributed by atoms with van der Waals surface area (Å²) in [6, 6.07) is 2.74. The molecular formula is C14H21FN2O2S. The summed E-state index contributed by atoms with van der Waals surface area (Å²) in [5, 5.41) is 0. The van der Waals surface area contributed by atoms with E-state index in [4.69, 9.17) is 5.73 Å². The summed E-state index contributed by atoms with van der Waals surface area (Å²) in [5.41, 5.74) is 6.03. The summed E-state index contributed by atoms with van der Waals surface area (Å²) in [4.78, 5) is 0.137. The van der Waals surface area contributed by atoms with Gasteiger partial charge in [-0.2, -0.15) is 4.31 Å². The molecule has 0 aliphatic carbocycles. The van der Waals surface area contributed by atoms with Gasteiger partial charge in [0, 0.05) is 25.2 Å². The Balaban J connectivity index is 2.43. The first kappa shape index (κ1) is 15.4. The molecule has 0 bridgehead atoms. The van der Waals surface area contributed by atoms with Crippen LogP contribution in [0.5, 0.6) is 0 Å². The predicted molar refractivity (Wildman–Crippen MR) is 76.1 cm³/mol. The second kappa shape index (κ2) is 5.42. The van der Waals surface area contributed by atoms with Crippen molar-refractivity contribution in [3.8, 4) is 0 Å². The summed E-state index contributed by atoms with van der Waals surface area (Å²) in [6.45, 7) is 6.66. The van der Waals surface area contributed by atoms with Crippen molar-refractivity contribution in [1.29, 1.82) is 0 Å². The summed E-state index contributed by atoms with van der Waals surface area (Å²) in [6.07, 6.45) is 0. The molecule has 2 atom stereocenters. The van der Waals surface area contributed by atoms with Gasteiger partial charge in [-0.25, -0.2) is 12.8 Å². The Kier molecular flexibility index (Phi) is 4.18. The molecular weight excluding hydrogens is 279 g/mol. The number of halogens is 1. The van der Waals surface area contributed by atoms with Crippen molar-refractivity contribution in [1.82, 2.24) is 4.31 Å². The van der Waals surface area contributed by atoms with E-state index in [1.807, 2.05) is 13.8 Å². The molecule has 1 heterocycles. The van der Waals surface area contributed by atoms with E-state index in [1.165, 1.54) is 16.4 Å². The third-order valence-corrected chi connectivity index (χ3v) is 5.93. The van der Waals surface area contributed by atoms with E-state index in [-0.39, 0.29) is 17.0 Å². The molecule has 20 heavy (non-hydrogen) atoms. The quantitative estimate of drug-likeness (QED) is 0.927. The van der Waals surface area contributed by atoms with Gasteiger partial charge < -0.3 is 5.73 Å². The Morgan fingerprint density at radius 1 is 1.30 bits per heavy atom. The van der Waals surface area contributed by atoms with Crippen molar-refractivity contribution in [2.75, 3.05) is 13.1 Å². The molecule has 0 saturated carbocycles. The number of nitrogens with zero attached hydrogens (tertiary/aromatic N) is 1. The van der Waals surface area contributed by atoms with Crippen LogP contribution in [0.3, 0.4) is 0 Å². The van der Waals surface area contributed by atoms with Crippen LogP contribution in [-0.4, -0.2) is 25.8 Å². The van der Waals surface area contributed by atoms with Crippen LogP contribution in [0.2, 0.25) is 0 Å². The molecule has 4 nitrogen and oxygen atoms in total. The molecule has 2 rings (SSSR count). The standard InChI is InChI=1S/C14H21FN2O2S/c1-9-4-13(5-12(6-16)14(9)15)20(18,19)17-7-10(2)11(3)8-17/h4-5,10-11H,6-8,16H2,1-3H3. The predicted octanol–water partition coefficient (Wildman–Crippen LogP) is 1.87. The van der Waals surface area contributed by atoms with E-state index in [0.29, 0.717) is 30.5 Å². The van der Waals surface area contributed by atoms with Crippen LogP contribution in [0.4, 0.5) is 4.39 Å². The number of hydrogen-bond acceptors (Lipinski definition) is 3. The Morgan fingerprint density at radius 2 is 1.85 bits per heavy atom. The maximum Gasteiger partial charge on any atom is 0.243 e. The van der Waals surface area contributed by atoms with E-state index in [0.717, 1.165) is 0 Å². The molecule has 1 saturated heterocycles. The fourth-order valence-electron chi connectivity index (χ4n) is 2.53. The lowest BCUT2D eigenvalue weighted by molar-refractivity contribution is 0.463. The topological polar surface area (TPSA) is 63.4 Å². The number of nitrogens with two attached hydrogens (primary N) is 1.